The van der Waals surface area contributed by atoms with Gasteiger partial charge in [0.1, 0.15) is 0 Å². The minimum absolute atomic E-state index is 0.449. The number of amides is 1. The van der Waals surface area contributed by atoms with Crippen LogP contribution in [-0.2, 0) is 9.59 Å². The number of carboxylic acids is 1. The maximum atomic E-state index is 11.7. The number of methoxy groups -OCH3 is 2. The van der Waals surface area contributed by atoms with Crippen LogP contribution >= 0.6 is 0 Å². The van der Waals surface area contributed by atoms with Crippen LogP contribution < -0.4 is 14.4 Å². The zero-order valence-electron chi connectivity index (χ0n) is 10.9. The predicted molar refractivity (Wildman–Crippen MR) is 69.7 cm³/mol. The second-order valence-corrected chi connectivity index (χ2v) is 3.61. The molecular formula is C13H15NO5. The van der Waals surface area contributed by atoms with Crippen molar-refractivity contribution in [2.75, 3.05) is 26.2 Å². The zero-order chi connectivity index (χ0) is 14.4. The largest absolute Gasteiger partial charge is 0.493 e. The number of ether oxygens (including phenoxy) is 2. The summed E-state index contributed by atoms with van der Waals surface area (Å²) in [5.41, 5.74) is 0.567. The molecule has 1 N–H and O–H groups in total. The molecule has 6 heteroatoms. The summed E-state index contributed by atoms with van der Waals surface area (Å²) < 4.78 is 10.2. The van der Waals surface area contributed by atoms with Crippen molar-refractivity contribution in [2.24, 2.45) is 0 Å². The average molecular weight is 265 g/mol. The van der Waals surface area contributed by atoms with Gasteiger partial charge >= 0.3 is 5.97 Å². The first-order chi connectivity index (χ1) is 8.99. The number of aliphatic carboxylic acids is 1. The molecule has 19 heavy (non-hydrogen) atoms. The number of anilines is 1. The summed E-state index contributed by atoms with van der Waals surface area (Å²) in [6.45, 7) is 0. The first kappa shape index (κ1) is 14.6. The molecule has 1 amide bonds. The number of benzene rings is 1. The fourth-order valence-electron chi connectivity index (χ4n) is 1.42. The van der Waals surface area contributed by atoms with Gasteiger partial charge in [-0.25, -0.2) is 4.79 Å². The van der Waals surface area contributed by atoms with Crippen LogP contribution in [0.3, 0.4) is 0 Å². The zero-order valence-corrected chi connectivity index (χ0v) is 10.9. The van der Waals surface area contributed by atoms with Gasteiger partial charge in [-0.15, -0.1) is 0 Å². The van der Waals surface area contributed by atoms with Crippen molar-refractivity contribution in [3.63, 3.8) is 0 Å². The molecule has 0 spiro atoms. The van der Waals surface area contributed by atoms with E-state index in [-0.39, 0.29) is 0 Å². The summed E-state index contributed by atoms with van der Waals surface area (Å²) in [4.78, 5) is 23.4. The van der Waals surface area contributed by atoms with Gasteiger partial charge < -0.3 is 19.5 Å². The van der Waals surface area contributed by atoms with Crippen LogP contribution in [0.25, 0.3) is 0 Å². The average Bonchev–Trinajstić information content (AvgIpc) is 2.42. The summed E-state index contributed by atoms with van der Waals surface area (Å²) >= 11 is 0. The van der Waals surface area contributed by atoms with Gasteiger partial charge in [0.15, 0.2) is 11.5 Å². The summed E-state index contributed by atoms with van der Waals surface area (Å²) in [6, 6.07) is 4.97. The number of carboxylic acid groups (broad SMARTS) is 1. The standard InChI is InChI=1S/C13H15NO5/c1-14(12(15)6-7-13(16)17)9-4-5-10(18-2)11(8-9)19-3/h4-8H,1-3H3,(H,16,17)/b7-6+. The lowest BCUT2D eigenvalue weighted by molar-refractivity contribution is -0.131. The molecule has 0 atom stereocenters. The summed E-state index contributed by atoms with van der Waals surface area (Å²) in [7, 11) is 4.55. The molecule has 0 aliphatic heterocycles. The number of rotatable bonds is 5. The van der Waals surface area contributed by atoms with Gasteiger partial charge in [-0.2, -0.15) is 0 Å². The predicted octanol–water partition coefficient (Wildman–Crippen LogP) is 1.31. The van der Waals surface area contributed by atoms with Crippen LogP contribution in [0.4, 0.5) is 5.69 Å². The molecule has 102 valence electrons. The first-order valence-electron chi connectivity index (χ1n) is 5.40. The quantitative estimate of drug-likeness (QED) is 0.812. The first-order valence-corrected chi connectivity index (χ1v) is 5.40. The molecule has 0 aliphatic carbocycles. The highest BCUT2D eigenvalue weighted by Gasteiger charge is 2.11. The van der Waals surface area contributed by atoms with Crippen molar-refractivity contribution >= 4 is 17.6 Å². The van der Waals surface area contributed by atoms with E-state index in [1.165, 1.54) is 26.2 Å². The highest BCUT2D eigenvalue weighted by Crippen LogP contribution is 2.31. The topological polar surface area (TPSA) is 76.1 Å². The Morgan fingerprint density at radius 2 is 1.79 bits per heavy atom. The van der Waals surface area contributed by atoms with E-state index in [0.29, 0.717) is 17.2 Å². The molecule has 0 saturated carbocycles. The lowest BCUT2D eigenvalue weighted by atomic mass is 10.2. The number of hydrogen-bond acceptors (Lipinski definition) is 4. The third-order valence-corrected chi connectivity index (χ3v) is 2.45. The van der Waals surface area contributed by atoms with Crippen molar-refractivity contribution in [3.8, 4) is 11.5 Å². The monoisotopic (exact) mass is 265 g/mol. The van der Waals surface area contributed by atoms with Crippen molar-refractivity contribution in [1.82, 2.24) is 0 Å². The van der Waals surface area contributed by atoms with Crippen LogP contribution in [0.5, 0.6) is 11.5 Å². The van der Waals surface area contributed by atoms with Gasteiger partial charge in [0, 0.05) is 31.0 Å². The Morgan fingerprint density at radius 1 is 1.16 bits per heavy atom. The van der Waals surface area contributed by atoms with Gasteiger partial charge in [0.25, 0.3) is 5.91 Å². The van der Waals surface area contributed by atoms with Crippen molar-refractivity contribution in [3.05, 3.63) is 30.4 Å². The Hall–Kier alpha value is -2.50. The summed E-state index contributed by atoms with van der Waals surface area (Å²) in [6.07, 6.45) is 1.78. The maximum absolute atomic E-state index is 11.7. The van der Waals surface area contributed by atoms with Crippen LogP contribution in [-0.4, -0.2) is 38.3 Å². The minimum Gasteiger partial charge on any atom is -0.493 e. The molecule has 0 saturated heterocycles. The molecule has 1 rings (SSSR count). The molecule has 6 nitrogen and oxygen atoms in total. The highest BCUT2D eigenvalue weighted by atomic mass is 16.5. The van der Waals surface area contributed by atoms with E-state index in [1.54, 1.807) is 18.2 Å². The van der Waals surface area contributed by atoms with Gasteiger partial charge in [0.2, 0.25) is 0 Å². The Labute approximate surface area is 110 Å². The third kappa shape index (κ3) is 3.74. The molecule has 0 heterocycles. The highest BCUT2D eigenvalue weighted by molar-refractivity contribution is 6.03. The van der Waals surface area contributed by atoms with Gasteiger partial charge in [-0.05, 0) is 12.1 Å². The van der Waals surface area contributed by atoms with E-state index in [0.717, 1.165) is 12.2 Å². The van der Waals surface area contributed by atoms with Gasteiger partial charge in [-0.3, -0.25) is 4.79 Å². The van der Waals surface area contributed by atoms with E-state index < -0.39 is 11.9 Å². The number of nitrogens with zero attached hydrogens (tertiary/aromatic N) is 1. The lowest BCUT2D eigenvalue weighted by Crippen LogP contribution is -2.24. The van der Waals surface area contributed by atoms with Crippen molar-refractivity contribution in [1.29, 1.82) is 0 Å². The normalized spacial score (nSPS) is 10.3. The molecule has 0 aromatic heterocycles. The van der Waals surface area contributed by atoms with Crippen molar-refractivity contribution < 1.29 is 24.2 Å². The number of likely N-dealkylation sites (N-methyl/N-ethyl adjacent to an activating group) is 1. The van der Waals surface area contributed by atoms with E-state index in [4.69, 9.17) is 14.6 Å². The number of hydrogen-bond donors (Lipinski definition) is 1. The fourth-order valence-corrected chi connectivity index (χ4v) is 1.42. The molecule has 0 unspecified atom stereocenters. The Balaban J connectivity index is 2.96. The Bertz CT molecular complexity index is 510. The van der Waals surface area contributed by atoms with E-state index in [1.807, 2.05) is 0 Å². The van der Waals surface area contributed by atoms with Crippen LogP contribution in [0, 0.1) is 0 Å². The number of carbonyl (C=O) groups excluding carboxylic acids is 1. The fraction of sp³-hybridized carbons (Fsp3) is 0.231. The number of carbonyl (C=O) groups is 2. The van der Waals surface area contributed by atoms with Gasteiger partial charge in [-0.1, -0.05) is 0 Å². The van der Waals surface area contributed by atoms with Crippen LogP contribution in [0.15, 0.2) is 30.4 Å². The summed E-state index contributed by atoms with van der Waals surface area (Å²) in [5.74, 6) is -0.585. The molecule has 0 radical (unpaired) electrons. The van der Waals surface area contributed by atoms with E-state index in [2.05, 4.69) is 0 Å². The molecule has 1 aromatic rings. The minimum atomic E-state index is -1.17. The SMILES string of the molecule is COc1ccc(N(C)C(=O)/C=C/C(=O)O)cc1OC. The lowest BCUT2D eigenvalue weighted by Gasteiger charge is -2.17. The second kappa shape index (κ2) is 6.44. The molecule has 0 bridgehead atoms. The van der Waals surface area contributed by atoms with Crippen molar-refractivity contribution in [2.45, 2.75) is 0 Å². The smallest absolute Gasteiger partial charge is 0.328 e. The maximum Gasteiger partial charge on any atom is 0.328 e. The Morgan fingerprint density at radius 3 is 2.32 bits per heavy atom. The van der Waals surface area contributed by atoms with Crippen LogP contribution in [0.1, 0.15) is 0 Å². The van der Waals surface area contributed by atoms with Gasteiger partial charge in [0.05, 0.1) is 14.2 Å². The Kier molecular flexibility index (Phi) is 4.93. The molecule has 0 fully saturated rings. The summed E-state index contributed by atoms with van der Waals surface area (Å²) in [5, 5.41) is 8.47. The van der Waals surface area contributed by atoms with E-state index in [9.17, 15) is 9.59 Å². The molecule has 0 aliphatic rings. The van der Waals surface area contributed by atoms with E-state index >= 15 is 0 Å². The second-order valence-electron chi connectivity index (χ2n) is 3.61. The third-order valence-electron chi connectivity index (χ3n) is 2.45. The molecule has 1 aromatic carbocycles. The molecular weight excluding hydrogens is 250 g/mol. The van der Waals surface area contributed by atoms with Crippen LogP contribution in [0.2, 0.25) is 0 Å².